The summed E-state index contributed by atoms with van der Waals surface area (Å²) in [6.07, 6.45) is 6.16. The average molecular weight is 422 g/mol. The molecule has 0 saturated carbocycles. The van der Waals surface area contributed by atoms with Crippen LogP contribution in [-0.4, -0.2) is 37.5 Å². The SMILES string of the molecule is COc1ccc(/C=C/C(=O)NC(C)C(=O)OCC(=O)Nc2ccc3c(c2)CCC3)cc1. The van der Waals surface area contributed by atoms with Crippen LogP contribution in [0.1, 0.15) is 30.0 Å². The quantitative estimate of drug-likeness (QED) is 0.504. The van der Waals surface area contributed by atoms with E-state index >= 15 is 0 Å². The third-order valence-electron chi connectivity index (χ3n) is 4.98. The molecule has 0 aromatic heterocycles. The molecule has 2 N–H and O–H groups in total. The zero-order valence-electron chi connectivity index (χ0n) is 17.6. The summed E-state index contributed by atoms with van der Waals surface area (Å²) < 4.78 is 10.1. The normalized spacial score (nSPS) is 13.4. The molecule has 2 aromatic carbocycles. The average Bonchev–Trinajstić information content (AvgIpc) is 3.24. The number of anilines is 1. The molecule has 162 valence electrons. The van der Waals surface area contributed by atoms with Crippen LogP contribution in [0, 0.1) is 0 Å². The Balaban J connectivity index is 1.41. The predicted octanol–water partition coefficient (Wildman–Crippen LogP) is 2.88. The van der Waals surface area contributed by atoms with Crippen molar-refractivity contribution in [1.82, 2.24) is 5.32 Å². The van der Waals surface area contributed by atoms with Crippen LogP contribution >= 0.6 is 0 Å². The number of nitrogens with one attached hydrogen (secondary N) is 2. The van der Waals surface area contributed by atoms with Crippen molar-refractivity contribution in [2.24, 2.45) is 0 Å². The van der Waals surface area contributed by atoms with Crippen molar-refractivity contribution >= 4 is 29.5 Å². The highest BCUT2D eigenvalue weighted by Gasteiger charge is 2.18. The summed E-state index contributed by atoms with van der Waals surface area (Å²) in [5, 5.41) is 5.25. The molecule has 0 heterocycles. The number of fused-ring (bicyclic) bond motifs is 1. The third-order valence-corrected chi connectivity index (χ3v) is 4.98. The van der Waals surface area contributed by atoms with Crippen LogP contribution in [0.4, 0.5) is 5.69 Å². The first-order valence-corrected chi connectivity index (χ1v) is 10.2. The lowest BCUT2D eigenvalue weighted by Crippen LogP contribution is -2.39. The third kappa shape index (κ3) is 6.44. The molecule has 7 heteroatoms. The summed E-state index contributed by atoms with van der Waals surface area (Å²) >= 11 is 0. The maximum Gasteiger partial charge on any atom is 0.328 e. The summed E-state index contributed by atoms with van der Waals surface area (Å²) in [5.41, 5.74) is 4.06. The van der Waals surface area contributed by atoms with Crippen molar-refractivity contribution in [3.8, 4) is 5.75 Å². The number of carbonyl (C=O) groups is 3. The van der Waals surface area contributed by atoms with Crippen molar-refractivity contribution < 1.29 is 23.9 Å². The van der Waals surface area contributed by atoms with E-state index in [1.165, 1.54) is 24.1 Å². The first-order valence-electron chi connectivity index (χ1n) is 10.2. The van der Waals surface area contributed by atoms with Gasteiger partial charge in [0.05, 0.1) is 7.11 Å². The molecule has 0 bridgehead atoms. The number of hydrogen-bond acceptors (Lipinski definition) is 5. The van der Waals surface area contributed by atoms with Gasteiger partial charge in [-0.05, 0) is 73.2 Å². The number of hydrogen-bond donors (Lipinski definition) is 2. The largest absolute Gasteiger partial charge is 0.497 e. The first kappa shape index (κ1) is 22.1. The molecule has 3 rings (SSSR count). The van der Waals surface area contributed by atoms with E-state index in [9.17, 15) is 14.4 Å². The second-order valence-corrected chi connectivity index (χ2v) is 7.33. The maximum atomic E-state index is 12.1. The number of ether oxygens (including phenoxy) is 2. The van der Waals surface area contributed by atoms with E-state index in [2.05, 4.69) is 10.6 Å². The minimum atomic E-state index is -0.888. The molecule has 1 atom stereocenters. The van der Waals surface area contributed by atoms with Gasteiger partial charge in [-0.2, -0.15) is 0 Å². The Labute approximate surface area is 181 Å². The second-order valence-electron chi connectivity index (χ2n) is 7.33. The molecule has 1 aliphatic rings. The molecule has 0 saturated heterocycles. The minimum Gasteiger partial charge on any atom is -0.497 e. The van der Waals surface area contributed by atoms with Crippen LogP contribution in [0.15, 0.2) is 48.5 Å². The van der Waals surface area contributed by atoms with Gasteiger partial charge in [0, 0.05) is 11.8 Å². The monoisotopic (exact) mass is 422 g/mol. The molecule has 0 fully saturated rings. The zero-order valence-corrected chi connectivity index (χ0v) is 17.6. The molecule has 1 aliphatic carbocycles. The molecule has 0 aliphatic heterocycles. The predicted molar refractivity (Wildman–Crippen MR) is 118 cm³/mol. The summed E-state index contributed by atoms with van der Waals surface area (Å²) in [4.78, 5) is 36.2. The second kappa shape index (κ2) is 10.4. The fourth-order valence-corrected chi connectivity index (χ4v) is 3.32. The summed E-state index contributed by atoms with van der Waals surface area (Å²) in [5.74, 6) is -0.833. The molecule has 1 unspecified atom stereocenters. The lowest BCUT2D eigenvalue weighted by atomic mass is 10.1. The van der Waals surface area contributed by atoms with Crippen molar-refractivity contribution in [2.75, 3.05) is 19.0 Å². The number of esters is 1. The Morgan fingerprint density at radius 3 is 2.55 bits per heavy atom. The fraction of sp³-hybridized carbons (Fsp3) is 0.292. The highest BCUT2D eigenvalue weighted by molar-refractivity contribution is 5.96. The molecule has 0 spiro atoms. The zero-order chi connectivity index (χ0) is 22.2. The molecular formula is C24H26N2O5. The lowest BCUT2D eigenvalue weighted by molar-refractivity contribution is -0.149. The number of benzene rings is 2. The molecule has 0 radical (unpaired) electrons. The molecule has 2 amide bonds. The van der Waals surface area contributed by atoms with Gasteiger partial charge in [0.1, 0.15) is 11.8 Å². The Morgan fingerprint density at radius 2 is 1.81 bits per heavy atom. The first-order chi connectivity index (χ1) is 14.9. The molecule has 31 heavy (non-hydrogen) atoms. The number of aryl methyl sites for hydroxylation is 2. The van der Waals surface area contributed by atoms with Crippen molar-refractivity contribution in [1.29, 1.82) is 0 Å². The molecular weight excluding hydrogens is 396 g/mol. The highest BCUT2D eigenvalue weighted by Crippen LogP contribution is 2.24. The molecule has 2 aromatic rings. The van der Waals surface area contributed by atoms with Crippen molar-refractivity contribution in [3.05, 3.63) is 65.2 Å². The van der Waals surface area contributed by atoms with Crippen LogP contribution in [-0.2, 0) is 32.0 Å². The Bertz CT molecular complexity index is 982. The summed E-state index contributed by atoms with van der Waals surface area (Å²) in [7, 11) is 1.58. The van der Waals surface area contributed by atoms with E-state index in [0.29, 0.717) is 5.69 Å². The van der Waals surface area contributed by atoms with Crippen molar-refractivity contribution in [2.45, 2.75) is 32.2 Å². The van der Waals surface area contributed by atoms with E-state index in [-0.39, 0.29) is 0 Å². The smallest absolute Gasteiger partial charge is 0.328 e. The van der Waals surface area contributed by atoms with E-state index in [1.54, 1.807) is 37.5 Å². The van der Waals surface area contributed by atoms with Crippen molar-refractivity contribution in [3.63, 3.8) is 0 Å². The van der Waals surface area contributed by atoms with E-state index < -0.39 is 30.4 Å². The minimum absolute atomic E-state index is 0.419. The van der Waals surface area contributed by atoms with Crippen LogP contribution in [0.3, 0.4) is 0 Å². The van der Waals surface area contributed by atoms with Gasteiger partial charge in [0.15, 0.2) is 6.61 Å². The highest BCUT2D eigenvalue weighted by atomic mass is 16.5. The van der Waals surface area contributed by atoms with Crippen LogP contribution < -0.4 is 15.4 Å². The number of rotatable bonds is 8. The topological polar surface area (TPSA) is 93.7 Å². The van der Waals surface area contributed by atoms with Gasteiger partial charge in [-0.25, -0.2) is 4.79 Å². The Hall–Kier alpha value is -3.61. The summed E-state index contributed by atoms with van der Waals surface area (Å²) in [6.45, 7) is 1.08. The van der Waals surface area contributed by atoms with Crippen LogP contribution in [0.25, 0.3) is 6.08 Å². The van der Waals surface area contributed by atoms with Gasteiger partial charge in [-0.15, -0.1) is 0 Å². The van der Waals surface area contributed by atoms with Gasteiger partial charge in [-0.3, -0.25) is 9.59 Å². The number of carbonyl (C=O) groups excluding carboxylic acids is 3. The van der Waals surface area contributed by atoms with Gasteiger partial charge < -0.3 is 20.1 Å². The fourth-order valence-electron chi connectivity index (χ4n) is 3.32. The number of methoxy groups -OCH3 is 1. The van der Waals surface area contributed by atoms with Gasteiger partial charge in [0.25, 0.3) is 5.91 Å². The Morgan fingerprint density at radius 1 is 1.06 bits per heavy atom. The van der Waals surface area contributed by atoms with Crippen LogP contribution in [0.5, 0.6) is 5.75 Å². The van der Waals surface area contributed by atoms with E-state index in [1.807, 2.05) is 18.2 Å². The maximum absolute atomic E-state index is 12.1. The lowest BCUT2D eigenvalue weighted by Gasteiger charge is -2.12. The van der Waals surface area contributed by atoms with Gasteiger partial charge in [-0.1, -0.05) is 18.2 Å². The standard InChI is InChI=1S/C24H26N2O5/c1-16(25-22(27)13-8-17-6-11-21(30-2)12-7-17)24(29)31-15-23(28)26-20-10-9-18-4-3-5-19(18)14-20/h6-14,16H,3-5,15H2,1-2H3,(H,25,27)(H,26,28)/b13-8+. The summed E-state index contributed by atoms with van der Waals surface area (Å²) in [6, 6.07) is 12.1. The Kier molecular flexibility index (Phi) is 7.43. The van der Waals surface area contributed by atoms with Gasteiger partial charge in [0.2, 0.25) is 5.91 Å². The molecule has 7 nitrogen and oxygen atoms in total. The van der Waals surface area contributed by atoms with Gasteiger partial charge >= 0.3 is 5.97 Å². The van der Waals surface area contributed by atoms with Crippen LogP contribution in [0.2, 0.25) is 0 Å². The van der Waals surface area contributed by atoms with E-state index in [4.69, 9.17) is 9.47 Å². The number of amides is 2. The van der Waals surface area contributed by atoms with E-state index in [0.717, 1.165) is 30.6 Å².